The van der Waals surface area contributed by atoms with E-state index in [4.69, 9.17) is 4.74 Å². The lowest BCUT2D eigenvalue weighted by atomic mass is 9.44. The number of carbonyl (C=O) groups excluding carboxylic acids is 3. The van der Waals surface area contributed by atoms with Gasteiger partial charge >= 0.3 is 5.97 Å². The molecule has 0 amide bonds. The number of esters is 1. The zero-order valence-electron chi connectivity index (χ0n) is 21.1. The van der Waals surface area contributed by atoms with Gasteiger partial charge in [-0.2, -0.15) is 0 Å². The number of carbonyl (C=O) groups is 3. The van der Waals surface area contributed by atoms with E-state index in [1.807, 2.05) is 6.92 Å². The third kappa shape index (κ3) is 3.42. The number of ether oxygens (including phenoxy) is 1. The van der Waals surface area contributed by atoms with Crippen molar-refractivity contribution in [1.82, 2.24) is 0 Å². The highest BCUT2D eigenvalue weighted by atomic mass is 19.1. The predicted molar refractivity (Wildman–Crippen MR) is 126 cm³/mol. The SMILES string of the molecule is CCCCCC(=O)OC1=CC(=O)C=C2CC[C@H]3[C@@H]4C[C@@H](O)C(O)(C(=O)CO)[C@@]4(C)C[C@H](O)[C@]3(F)[C@]21C. The van der Waals surface area contributed by atoms with Gasteiger partial charge in [0.25, 0.3) is 0 Å². The van der Waals surface area contributed by atoms with Crippen LogP contribution in [-0.4, -0.2) is 68.0 Å². The lowest BCUT2D eigenvalue weighted by molar-refractivity contribution is -0.228. The molecule has 1 unspecified atom stereocenters. The van der Waals surface area contributed by atoms with Crippen LogP contribution in [0.1, 0.15) is 72.1 Å². The van der Waals surface area contributed by atoms with Crippen molar-refractivity contribution in [1.29, 1.82) is 0 Å². The molecular weight excluding hydrogens is 471 g/mol. The third-order valence-electron chi connectivity index (χ3n) is 9.77. The minimum Gasteiger partial charge on any atom is -0.430 e. The van der Waals surface area contributed by atoms with Crippen LogP contribution in [0.25, 0.3) is 0 Å². The summed E-state index contributed by atoms with van der Waals surface area (Å²) in [6, 6.07) is 0. The van der Waals surface area contributed by atoms with Gasteiger partial charge in [-0.25, -0.2) is 4.39 Å². The molecule has 4 rings (SSSR count). The number of aliphatic hydroxyl groups excluding tert-OH is 3. The molecule has 3 saturated carbocycles. The molecule has 0 aliphatic heterocycles. The summed E-state index contributed by atoms with van der Waals surface area (Å²) in [5, 5.41) is 43.1. The van der Waals surface area contributed by atoms with Crippen molar-refractivity contribution in [3.05, 3.63) is 23.5 Å². The van der Waals surface area contributed by atoms with Crippen molar-refractivity contribution in [2.24, 2.45) is 22.7 Å². The summed E-state index contributed by atoms with van der Waals surface area (Å²) in [5.41, 5.74) is -7.33. The summed E-state index contributed by atoms with van der Waals surface area (Å²) < 4.78 is 23.2. The molecule has 9 heteroatoms. The molecule has 0 bridgehead atoms. The van der Waals surface area contributed by atoms with Gasteiger partial charge in [0.15, 0.2) is 22.8 Å². The molecular formula is C27H37FO8. The molecule has 8 nitrogen and oxygen atoms in total. The summed E-state index contributed by atoms with van der Waals surface area (Å²) in [6.07, 6.45) is 1.66. The smallest absolute Gasteiger partial charge is 0.310 e. The highest BCUT2D eigenvalue weighted by molar-refractivity contribution is 6.02. The summed E-state index contributed by atoms with van der Waals surface area (Å²) in [4.78, 5) is 37.7. The molecule has 36 heavy (non-hydrogen) atoms. The number of Topliss-reactive ketones (excluding diaryl/α,β-unsaturated/α-hetero) is 1. The molecule has 0 radical (unpaired) electrons. The average Bonchev–Trinajstić information content (AvgIpc) is 3.02. The Bertz CT molecular complexity index is 1020. The fourth-order valence-electron chi connectivity index (χ4n) is 7.76. The van der Waals surface area contributed by atoms with E-state index in [9.17, 15) is 34.8 Å². The quantitative estimate of drug-likeness (QED) is 0.303. The van der Waals surface area contributed by atoms with Crippen LogP contribution in [0, 0.1) is 22.7 Å². The number of hydrogen-bond acceptors (Lipinski definition) is 8. The Morgan fingerprint density at radius 3 is 2.47 bits per heavy atom. The van der Waals surface area contributed by atoms with Crippen LogP contribution in [0.5, 0.6) is 0 Å². The number of halogens is 1. The molecule has 0 saturated heterocycles. The largest absolute Gasteiger partial charge is 0.430 e. The van der Waals surface area contributed by atoms with Gasteiger partial charge < -0.3 is 25.2 Å². The number of alkyl halides is 1. The van der Waals surface area contributed by atoms with Crippen LogP contribution >= 0.6 is 0 Å². The maximum atomic E-state index is 17.6. The second kappa shape index (κ2) is 9.11. The van der Waals surface area contributed by atoms with Crippen LogP contribution in [0.15, 0.2) is 23.5 Å². The molecule has 8 atom stereocenters. The van der Waals surface area contributed by atoms with Crippen LogP contribution in [-0.2, 0) is 19.1 Å². The summed E-state index contributed by atoms with van der Waals surface area (Å²) in [7, 11) is 0. The fraction of sp³-hybridized carbons (Fsp3) is 0.741. The maximum Gasteiger partial charge on any atom is 0.310 e. The van der Waals surface area contributed by atoms with Crippen LogP contribution in [0.4, 0.5) is 4.39 Å². The first-order chi connectivity index (χ1) is 16.8. The van der Waals surface area contributed by atoms with Gasteiger partial charge in [-0.15, -0.1) is 0 Å². The number of ketones is 2. The zero-order valence-corrected chi connectivity index (χ0v) is 21.1. The summed E-state index contributed by atoms with van der Waals surface area (Å²) >= 11 is 0. The van der Waals surface area contributed by atoms with Crippen LogP contribution in [0.2, 0.25) is 0 Å². The average molecular weight is 509 g/mol. The minimum atomic E-state index is -2.40. The van der Waals surface area contributed by atoms with Gasteiger partial charge in [0.2, 0.25) is 0 Å². The molecule has 4 N–H and O–H groups in total. The molecule has 3 fully saturated rings. The highest BCUT2D eigenvalue weighted by Crippen LogP contribution is 2.70. The van der Waals surface area contributed by atoms with Gasteiger partial charge in [-0.3, -0.25) is 14.4 Å². The number of rotatable bonds is 7. The van der Waals surface area contributed by atoms with Gasteiger partial charge in [0, 0.05) is 23.8 Å². The first-order valence-corrected chi connectivity index (χ1v) is 12.9. The Morgan fingerprint density at radius 2 is 1.83 bits per heavy atom. The molecule has 0 aromatic heterocycles. The van der Waals surface area contributed by atoms with E-state index in [1.54, 1.807) is 6.92 Å². The molecule has 0 spiro atoms. The van der Waals surface area contributed by atoms with E-state index in [0.717, 1.165) is 18.9 Å². The standard InChI is InChI=1S/C27H37FO8/c1-4-5-6-7-23(34)36-22-11-16(30)10-15-8-9-17-18-12-19(31)27(35,21(33)14-29)24(18,2)13-20(32)26(17,28)25(15,22)3/h10-11,17-20,29,31-32,35H,4-9,12-14H2,1-3H3/t17-,18-,19+,20-,24-,25+,26-,27?/m0/s1. The Balaban J connectivity index is 1.76. The van der Waals surface area contributed by atoms with E-state index in [-0.39, 0.29) is 37.9 Å². The van der Waals surface area contributed by atoms with Gasteiger partial charge in [0.05, 0.1) is 17.6 Å². The van der Waals surface area contributed by atoms with Crippen molar-refractivity contribution in [3.63, 3.8) is 0 Å². The van der Waals surface area contributed by atoms with E-state index < -0.39 is 70.3 Å². The van der Waals surface area contributed by atoms with Crippen molar-refractivity contribution >= 4 is 17.5 Å². The molecule has 200 valence electrons. The Hall–Kier alpha value is -1.94. The zero-order chi connectivity index (χ0) is 26.7. The molecule has 0 heterocycles. The minimum absolute atomic E-state index is 0.0916. The van der Waals surface area contributed by atoms with Crippen molar-refractivity contribution in [2.75, 3.05) is 6.61 Å². The first kappa shape index (κ1) is 27.1. The molecule has 0 aromatic rings. The number of allylic oxidation sites excluding steroid dienone is 3. The lowest BCUT2D eigenvalue weighted by Gasteiger charge is -2.62. The van der Waals surface area contributed by atoms with E-state index in [2.05, 4.69) is 0 Å². The number of hydrogen-bond donors (Lipinski definition) is 4. The first-order valence-electron chi connectivity index (χ1n) is 12.9. The van der Waals surface area contributed by atoms with E-state index >= 15 is 4.39 Å². The number of aliphatic hydroxyl groups is 4. The van der Waals surface area contributed by atoms with Gasteiger partial charge in [-0.1, -0.05) is 26.7 Å². The third-order valence-corrected chi connectivity index (χ3v) is 9.77. The molecule has 4 aliphatic rings. The fourth-order valence-corrected chi connectivity index (χ4v) is 7.76. The summed E-state index contributed by atoms with van der Waals surface area (Å²) in [6.45, 7) is 4.08. The van der Waals surface area contributed by atoms with Crippen LogP contribution < -0.4 is 0 Å². The summed E-state index contributed by atoms with van der Waals surface area (Å²) in [5.74, 6) is -3.73. The second-order valence-corrected chi connectivity index (χ2v) is 11.4. The van der Waals surface area contributed by atoms with Gasteiger partial charge in [-0.05, 0) is 56.6 Å². The number of unbranched alkanes of at least 4 members (excludes halogenated alkanes) is 2. The van der Waals surface area contributed by atoms with E-state index in [1.165, 1.54) is 13.0 Å². The predicted octanol–water partition coefficient (Wildman–Crippen LogP) is 2.07. The van der Waals surface area contributed by atoms with Crippen LogP contribution in [0.3, 0.4) is 0 Å². The normalized spacial score (nSPS) is 43.6. The molecule has 4 aliphatic carbocycles. The second-order valence-electron chi connectivity index (χ2n) is 11.4. The van der Waals surface area contributed by atoms with Crippen molar-refractivity contribution in [2.45, 2.75) is 95.6 Å². The van der Waals surface area contributed by atoms with E-state index in [0.29, 0.717) is 12.0 Å². The Morgan fingerprint density at radius 1 is 1.14 bits per heavy atom. The van der Waals surface area contributed by atoms with Crippen molar-refractivity contribution in [3.8, 4) is 0 Å². The highest BCUT2D eigenvalue weighted by Gasteiger charge is 2.77. The molecule has 0 aromatic carbocycles. The van der Waals surface area contributed by atoms with Crippen molar-refractivity contribution < 1.29 is 43.9 Å². The lowest BCUT2D eigenvalue weighted by Crippen LogP contribution is -2.70. The Kier molecular flexibility index (Phi) is 6.86. The monoisotopic (exact) mass is 508 g/mol. The Labute approximate surface area is 210 Å². The number of fused-ring (bicyclic) bond motifs is 5. The topological polar surface area (TPSA) is 141 Å². The van der Waals surface area contributed by atoms with Gasteiger partial charge in [0.1, 0.15) is 12.4 Å². The maximum absolute atomic E-state index is 17.6.